The third-order valence-corrected chi connectivity index (χ3v) is 6.02. The van der Waals surface area contributed by atoms with E-state index in [4.69, 9.17) is 9.47 Å². The summed E-state index contributed by atoms with van der Waals surface area (Å²) in [5, 5.41) is 0. The Morgan fingerprint density at radius 3 is 2.55 bits per heavy atom. The number of ether oxygens (including phenoxy) is 2. The topological polar surface area (TPSA) is 51.7 Å². The van der Waals surface area contributed by atoms with Gasteiger partial charge in [0.05, 0.1) is 25.8 Å². The Labute approximate surface area is 183 Å². The normalized spacial score (nSPS) is 19.0. The molecule has 1 aliphatic rings. The Morgan fingerprint density at radius 1 is 1.00 bits per heavy atom. The minimum atomic E-state index is -0.159. The van der Waals surface area contributed by atoms with Gasteiger partial charge in [0.25, 0.3) is 0 Å². The highest BCUT2D eigenvalue weighted by molar-refractivity contribution is 5.64. The van der Waals surface area contributed by atoms with Crippen LogP contribution < -0.4 is 9.47 Å². The zero-order valence-corrected chi connectivity index (χ0v) is 18.0. The average Bonchev–Trinajstić information content (AvgIpc) is 2.84. The lowest BCUT2D eigenvalue weighted by Gasteiger charge is -2.40. The van der Waals surface area contributed by atoms with Crippen LogP contribution in [0.4, 0.5) is 0 Å². The van der Waals surface area contributed by atoms with Crippen molar-refractivity contribution in [1.82, 2.24) is 9.88 Å². The smallest absolute Gasteiger partial charge is 0.221 e. The molecule has 1 saturated heterocycles. The van der Waals surface area contributed by atoms with Gasteiger partial charge >= 0.3 is 0 Å². The van der Waals surface area contributed by atoms with E-state index in [1.54, 1.807) is 20.4 Å². The number of hydrogen-bond donors (Lipinski definition) is 0. The first-order valence-corrected chi connectivity index (χ1v) is 10.7. The Hall–Kier alpha value is -3.18. The highest BCUT2D eigenvalue weighted by Gasteiger charge is 2.35. The second kappa shape index (κ2) is 9.75. The van der Waals surface area contributed by atoms with E-state index in [0.29, 0.717) is 12.4 Å². The zero-order chi connectivity index (χ0) is 21.6. The molecule has 5 nitrogen and oxygen atoms in total. The lowest BCUT2D eigenvalue weighted by molar-refractivity contribution is -0.115. The highest BCUT2D eigenvalue weighted by atomic mass is 16.5. The van der Waals surface area contributed by atoms with Crippen LogP contribution in [-0.2, 0) is 11.3 Å². The molecule has 0 spiro atoms. The van der Waals surface area contributed by atoms with Gasteiger partial charge in [-0.2, -0.15) is 0 Å². The van der Waals surface area contributed by atoms with Crippen LogP contribution >= 0.6 is 0 Å². The summed E-state index contributed by atoms with van der Waals surface area (Å²) >= 11 is 0. The van der Waals surface area contributed by atoms with Gasteiger partial charge in [-0.25, -0.2) is 4.98 Å². The fraction of sp³-hybridized carbons (Fsp3) is 0.308. The van der Waals surface area contributed by atoms with E-state index < -0.39 is 0 Å². The molecule has 3 aromatic rings. The van der Waals surface area contributed by atoms with Crippen molar-refractivity contribution in [2.24, 2.45) is 0 Å². The van der Waals surface area contributed by atoms with Crippen molar-refractivity contribution in [3.8, 4) is 22.8 Å². The Kier molecular flexibility index (Phi) is 6.63. The molecule has 0 bridgehead atoms. The van der Waals surface area contributed by atoms with E-state index in [2.05, 4.69) is 46.3 Å². The number of methoxy groups -OCH3 is 2. The van der Waals surface area contributed by atoms with Crippen LogP contribution in [0.1, 0.15) is 36.4 Å². The van der Waals surface area contributed by atoms with Gasteiger partial charge in [-0.3, -0.25) is 4.90 Å². The molecule has 1 aromatic heterocycles. The number of nitrogens with zero attached hydrogens (tertiary/aromatic N) is 2. The van der Waals surface area contributed by atoms with Crippen LogP contribution in [0.15, 0.2) is 66.9 Å². The molecule has 2 atom stereocenters. The quantitative estimate of drug-likeness (QED) is 0.504. The zero-order valence-electron chi connectivity index (χ0n) is 18.0. The van der Waals surface area contributed by atoms with Gasteiger partial charge in [-0.15, -0.1) is 0 Å². The van der Waals surface area contributed by atoms with Crippen LogP contribution in [0, 0.1) is 0 Å². The fourth-order valence-corrected chi connectivity index (χ4v) is 4.54. The Balaban J connectivity index is 1.71. The van der Waals surface area contributed by atoms with Crippen LogP contribution in [0.2, 0.25) is 0 Å². The van der Waals surface area contributed by atoms with E-state index in [1.165, 1.54) is 16.7 Å². The number of piperidine rings is 1. The molecular weight excluding hydrogens is 388 g/mol. The molecule has 160 valence electrons. The average molecular weight is 417 g/mol. The summed E-state index contributed by atoms with van der Waals surface area (Å²) in [7, 11) is 3.28. The first-order chi connectivity index (χ1) is 15.2. The summed E-state index contributed by atoms with van der Waals surface area (Å²) in [4.78, 5) is 18.7. The van der Waals surface area contributed by atoms with Gasteiger partial charge in [0, 0.05) is 18.8 Å². The van der Waals surface area contributed by atoms with Crippen LogP contribution in [0.3, 0.4) is 0 Å². The number of carbonyl (C=O) groups excluding carboxylic acids is 1. The summed E-state index contributed by atoms with van der Waals surface area (Å²) in [6.45, 7) is 0.663. The molecule has 4 rings (SSSR count). The maximum atomic E-state index is 12.0. The molecule has 0 radical (unpaired) electrons. The number of carbonyl (C=O) groups is 1. The molecule has 0 amide bonds. The number of aromatic nitrogens is 1. The summed E-state index contributed by atoms with van der Waals surface area (Å²) in [5.41, 5.74) is 4.44. The van der Waals surface area contributed by atoms with Gasteiger partial charge in [0.1, 0.15) is 12.0 Å². The van der Waals surface area contributed by atoms with Crippen molar-refractivity contribution < 1.29 is 14.3 Å². The Morgan fingerprint density at radius 2 is 1.81 bits per heavy atom. The molecule has 2 heterocycles. The summed E-state index contributed by atoms with van der Waals surface area (Å²) in [6.07, 6.45) is 5.50. The van der Waals surface area contributed by atoms with Crippen LogP contribution in [0.5, 0.6) is 11.6 Å². The maximum absolute atomic E-state index is 12.0. The second-order valence-corrected chi connectivity index (χ2v) is 7.83. The van der Waals surface area contributed by atoms with Crippen LogP contribution in [-0.4, -0.2) is 36.4 Å². The van der Waals surface area contributed by atoms with Gasteiger partial charge in [-0.05, 0) is 48.1 Å². The lowest BCUT2D eigenvalue weighted by Crippen LogP contribution is -2.42. The number of hydrogen-bond acceptors (Lipinski definition) is 5. The molecule has 0 saturated carbocycles. The van der Waals surface area contributed by atoms with Gasteiger partial charge < -0.3 is 14.3 Å². The molecule has 31 heavy (non-hydrogen) atoms. The largest absolute Gasteiger partial charge is 0.496 e. The number of likely N-dealkylation sites (tertiary alicyclic amines) is 1. The molecule has 5 heteroatoms. The first kappa shape index (κ1) is 21.1. The van der Waals surface area contributed by atoms with E-state index in [1.807, 2.05) is 24.3 Å². The molecule has 2 unspecified atom stereocenters. The van der Waals surface area contributed by atoms with Crippen molar-refractivity contribution in [2.45, 2.75) is 37.9 Å². The second-order valence-electron chi connectivity index (χ2n) is 7.83. The van der Waals surface area contributed by atoms with E-state index in [0.717, 1.165) is 36.9 Å². The van der Waals surface area contributed by atoms with Gasteiger partial charge in [-0.1, -0.05) is 48.5 Å². The SMILES string of the molecule is COc1ccnc(OC)c1C1CCCC(C=O)N1Cc1cccc(-c2ccccc2)c1. The van der Waals surface area contributed by atoms with Crippen molar-refractivity contribution in [1.29, 1.82) is 0 Å². The number of aldehydes is 1. The molecule has 0 aliphatic carbocycles. The standard InChI is InChI=1S/C26H28N2O3/c1-30-24-14-15-27-26(31-2)25(24)23-13-7-12-22(18-29)28(23)17-19-8-6-11-21(16-19)20-9-4-3-5-10-20/h3-6,8-11,14-16,18,22-23H,7,12-13,17H2,1-2H3. The van der Waals surface area contributed by atoms with Crippen molar-refractivity contribution in [2.75, 3.05) is 14.2 Å². The highest BCUT2D eigenvalue weighted by Crippen LogP contribution is 2.42. The lowest BCUT2D eigenvalue weighted by atomic mass is 9.90. The van der Waals surface area contributed by atoms with Gasteiger partial charge in [0.2, 0.25) is 5.88 Å². The summed E-state index contributed by atoms with van der Waals surface area (Å²) in [5.74, 6) is 1.30. The van der Waals surface area contributed by atoms with Crippen molar-refractivity contribution >= 4 is 6.29 Å². The third-order valence-electron chi connectivity index (χ3n) is 6.02. The maximum Gasteiger partial charge on any atom is 0.221 e. The number of rotatable bonds is 7. The third kappa shape index (κ3) is 4.47. The monoisotopic (exact) mass is 416 g/mol. The van der Waals surface area contributed by atoms with E-state index in [-0.39, 0.29) is 12.1 Å². The van der Waals surface area contributed by atoms with Crippen molar-refractivity contribution in [3.63, 3.8) is 0 Å². The minimum absolute atomic E-state index is 0.0112. The van der Waals surface area contributed by atoms with Crippen LogP contribution in [0.25, 0.3) is 11.1 Å². The number of pyridine rings is 1. The van der Waals surface area contributed by atoms with Gasteiger partial charge in [0.15, 0.2) is 0 Å². The predicted molar refractivity (Wildman–Crippen MR) is 121 cm³/mol. The molecule has 1 aliphatic heterocycles. The Bertz CT molecular complexity index is 1000. The minimum Gasteiger partial charge on any atom is -0.496 e. The molecule has 1 fully saturated rings. The molecule has 0 N–H and O–H groups in total. The summed E-state index contributed by atoms with van der Waals surface area (Å²) < 4.78 is 11.2. The molecule has 2 aromatic carbocycles. The first-order valence-electron chi connectivity index (χ1n) is 10.7. The van der Waals surface area contributed by atoms with E-state index in [9.17, 15) is 4.79 Å². The summed E-state index contributed by atoms with van der Waals surface area (Å²) in [6, 6.07) is 20.6. The van der Waals surface area contributed by atoms with E-state index >= 15 is 0 Å². The molecular formula is C26H28N2O3. The fourth-order valence-electron chi connectivity index (χ4n) is 4.54. The van der Waals surface area contributed by atoms with Crippen molar-refractivity contribution in [3.05, 3.63) is 78.0 Å². The predicted octanol–water partition coefficient (Wildman–Crippen LogP) is 5.06. The number of benzene rings is 2.